The standard InChI is InChI=1S/C12H15ClN4O3S/c1-8-7-20-6-5-16(8)11-9-3-4-10(21(2,18)19)17(9)15-12(13)14-11/h3-4,8H,5-7H2,1-2H3/t8-/m1/s1. The highest BCUT2D eigenvalue weighted by Gasteiger charge is 2.25. The van der Waals surface area contributed by atoms with Crippen LogP contribution in [-0.2, 0) is 14.6 Å². The zero-order valence-corrected chi connectivity index (χ0v) is 13.2. The van der Waals surface area contributed by atoms with Crippen molar-refractivity contribution in [1.29, 1.82) is 0 Å². The largest absolute Gasteiger partial charge is 0.377 e. The number of sulfone groups is 1. The number of ether oxygens (including phenoxy) is 1. The van der Waals surface area contributed by atoms with Gasteiger partial charge in [0, 0.05) is 12.8 Å². The Morgan fingerprint density at radius 2 is 2.19 bits per heavy atom. The van der Waals surface area contributed by atoms with Gasteiger partial charge >= 0.3 is 0 Å². The van der Waals surface area contributed by atoms with Crippen molar-refractivity contribution in [3.05, 3.63) is 17.4 Å². The van der Waals surface area contributed by atoms with Gasteiger partial charge in [-0.25, -0.2) is 12.9 Å². The Labute approximate surface area is 127 Å². The van der Waals surface area contributed by atoms with Crippen LogP contribution in [0.1, 0.15) is 6.92 Å². The zero-order valence-electron chi connectivity index (χ0n) is 11.7. The van der Waals surface area contributed by atoms with E-state index in [4.69, 9.17) is 16.3 Å². The first-order valence-corrected chi connectivity index (χ1v) is 8.74. The maximum atomic E-state index is 11.8. The maximum absolute atomic E-state index is 11.8. The first-order valence-electron chi connectivity index (χ1n) is 6.47. The molecule has 0 aliphatic carbocycles. The number of rotatable bonds is 2. The summed E-state index contributed by atoms with van der Waals surface area (Å²) in [4.78, 5) is 6.33. The van der Waals surface area contributed by atoms with Crippen LogP contribution in [0, 0.1) is 0 Å². The molecule has 1 aliphatic heterocycles. The molecular weight excluding hydrogens is 316 g/mol. The minimum absolute atomic E-state index is 0.0114. The molecule has 1 saturated heterocycles. The van der Waals surface area contributed by atoms with Gasteiger partial charge in [0.2, 0.25) is 5.28 Å². The van der Waals surface area contributed by atoms with Crippen molar-refractivity contribution in [2.45, 2.75) is 18.0 Å². The molecule has 7 nitrogen and oxygen atoms in total. The topological polar surface area (TPSA) is 76.8 Å². The van der Waals surface area contributed by atoms with Crippen LogP contribution < -0.4 is 4.90 Å². The molecule has 0 saturated carbocycles. The third-order valence-electron chi connectivity index (χ3n) is 3.45. The van der Waals surface area contributed by atoms with E-state index in [1.54, 1.807) is 6.07 Å². The molecule has 0 N–H and O–H groups in total. The Hall–Kier alpha value is -1.38. The number of nitrogens with zero attached hydrogens (tertiary/aromatic N) is 4. The van der Waals surface area contributed by atoms with Gasteiger partial charge in [0.15, 0.2) is 20.7 Å². The first kappa shape index (κ1) is 14.6. The number of halogens is 1. The maximum Gasteiger partial charge on any atom is 0.243 e. The van der Waals surface area contributed by atoms with Crippen molar-refractivity contribution in [3.8, 4) is 0 Å². The first-order chi connectivity index (χ1) is 9.88. The fraction of sp³-hybridized carbons (Fsp3) is 0.500. The van der Waals surface area contributed by atoms with Crippen molar-refractivity contribution in [2.24, 2.45) is 0 Å². The summed E-state index contributed by atoms with van der Waals surface area (Å²) in [6, 6.07) is 3.35. The fourth-order valence-electron chi connectivity index (χ4n) is 2.47. The second kappa shape index (κ2) is 5.11. The van der Waals surface area contributed by atoms with E-state index >= 15 is 0 Å². The highest BCUT2D eigenvalue weighted by molar-refractivity contribution is 7.90. The van der Waals surface area contributed by atoms with Gasteiger partial charge in [-0.15, -0.1) is 5.10 Å². The van der Waals surface area contributed by atoms with Gasteiger partial charge in [0.25, 0.3) is 0 Å². The number of fused-ring (bicyclic) bond motifs is 1. The Bertz CT molecular complexity index is 789. The van der Waals surface area contributed by atoms with E-state index in [9.17, 15) is 8.42 Å². The monoisotopic (exact) mass is 330 g/mol. The highest BCUT2D eigenvalue weighted by Crippen LogP contribution is 2.27. The van der Waals surface area contributed by atoms with Crippen LogP contribution in [0.15, 0.2) is 17.2 Å². The van der Waals surface area contributed by atoms with Crippen LogP contribution in [0.4, 0.5) is 5.82 Å². The number of hydrogen-bond acceptors (Lipinski definition) is 6. The lowest BCUT2D eigenvalue weighted by Gasteiger charge is -2.34. The van der Waals surface area contributed by atoms with E-state index in [0.717, 1.165) is 6.26 Å². The van der Waals surface area contributed by atoms with E-state index < -0.39 is 9.84 Å². The molecule has 2 aromatic rings. The van der Waals surface area contributed by atoms with Crippen LogP contribution in [0.25, 0.3) is 5.52 Å². The molecule has 0 radical (unpaired) electrons. The van der Waals surface area contributed by atoms with Crippen molar-refractivity contribution in [1.82, 2.24) is 14.6 Å². The Kier molecular flexibility index (Phi) is 3.54. The van der Waals surface area contributed by atoms with Crippen molar-refractivity contribution < 1.29 is 13.2 Å². The molecular formula is C12H15ClN4O3S. The lowest BCUT2D eigenvalue weighted by atomic mass is 10.2. The van der Waals surface area contributed by atoms with Gasteiger partial charge in [-0.2, -0.15) is 4.98 Å². The minimum Gasteiger partial charge on any atom is -0.377 e. The van der Waals surface area contributed by atoms with E-state index in [-0.39, 0.29) is 16.4 Å². The fourth-order valence-corrected chi connectivity index (χ4v) is 3.39. The lowest BCUT2D eigenvalue weighted by Crippen LogP contribution is -2.44. The summed E-state index contributed by atoms with van der Waals surface area (Å²) in [6.45, 7) is 3.88. The average molecular weight is 331 g/mol. The van der Waals surface area contributed by atoms with Gasteiger partial charge < -0.3 is 9.64 Å². The molecule has 114 valence electrons. The normalized spacial score (nSPS) is 20.1. The van der Waals surface area contributed by atoms with Crippen molar-refractivity contribution in [3.63, 3.8) is 0 Å². The SMILES string of the molecule is C[C@@H]1COCCN1c1nc(Cl)nn2c(S(C)(=O)=O)ccc12. The highest BCUT2D eigenvalue weighted by atomic mass is 35.5. The Balaban J connectivity index is 2.22. The van der Waals surface area contributed by atoms with Crippen LogP contribution in [0.5, 0.6) is 0 Å². The van der Waals surface area contributed by atoms with Gasteiger partial charge in [-0.3, -0.25) is 0 Å². The minimum atomic E-state index is -3.39. The number of aromatic nitrogens is 3. The van der Waals surface area contributed by atoms with Gasteiger partial charge in [-0.05, 0) is 30.7 Å². The molecule has 3 rings (SSSR count). The molecule has 9 heteroatoms. The van der Waals surface area contributed by atoms with Crippen LogP contribution in [0.2, 0.25) is 5.28 Å². The molecule has 0 aromatic carbocycles. The molecule has 3 heterocycles. The number of hydrogen-bond donors (Lipinski definition) is 0. The van der Waals surface area contributed by atoms with Crippen molar-refractivity contribution in [2.75, 3.05) is 30.9 Å². The molecule has 2 aromatic heterocycles. The summed E-state index contributed by atoms with van der Waals surface area (Å²) in [5, 5.41) is 4.13. The third-order valence-corrected chi connectivity index (χ3v) is 4.68. The van der Waals surface area contributed by atoms with Crippen LogP contribution >= 0.6 is 11.6 Å². The average Bonchev–Trinajstić information content (AvgIpc) is 2.82. The molecule has 0 amide bonds. The predicted molar refractivity (Wildman–Crippen MR) is 78.7 cm³/mol. The molecule has 1 atom stereocenters. The molecule has 0 spiro atoms. The summed E-state index contributed by atoms with van der Waals surface area (Å²) in [7, 11) is -3.39. The van der Waals surface area contributed by atoms with Gasteiger partial charge in [0.05, 0.1) is 19.3 Å². The summed E-state index contributed by atoms with van der Waals surface area (Å²) in [5.74, 6) is 0.626. The van der Waals surface area contributed by atoms with E-state index in [0.29, 0.717) is 31.1 Å². The van der Waals surface area contributed by atoms with E-state index in [1.165, 1.54) is 10.6 Å². The second-order valence-corrected chi connectivity index (χ2v) is 7.36. The smallest absolute Gasteiger partial charge is 0.243 e. The summed E-state index contributed by atoms with van der Waals surface area (Å²) in [6.07, 6.45) is 1.14. The zero-order chi connectivity index (χ0) is 15.2. The van der Waals surface area contributed by atoms with Crippen molar-refractivity contribution >= 4 is 32.8 Å². The molecule has 1 fully saturated rings. The van der Waals surface area contributed by atoms with Gasteiger partial charge in [0.1, 0.15) is 5.52 Å². The predicted octanol–water partition coefficient (Wildman–Crippen LogP) is 1.01. The summed E-state index contributed by atoms with van der Waals surface area (Å²) < 4.78 is 30.4. The Morgan fingerprint density at radius 3 is 2.86 bits per heavy atom. The third kappa shape index (κ3) is 2.58. The molecule has 0 unspecified atom stereocenters. The number of morpholine rings is 1. The molecule has 21 heavy (non-hydrogen) atoms. The van der Waals surface area contributed by atoms with E-state index in [2.05, 4.69) is 15.0 Å². The lowest BCUT2D eigenvalue weighted by molar-refractivity contribution is 0.0986. The number of anilines is 1. The summed E-state index contributed by atoms with van der Waals surface area (Å²) in [5.41, 5.74) is 0.619. The molecule has 1 aliphatic rings. The molecule has 0 bridgehead atoms. The van der Waals surface area contributed by atoms with Crippen LogP contribution in [-0.4, -0.2) is 55.1 Å². The Morgan fingerprint density at radius 1 is 1.43 bits per heavy atom. The summed E-state index contributed by atoms with van der Waals surface area (Å²) >= 11 is 5.97. The quantitative estimate of drug-likeness (QED) is 0.818. The van der Waals surface area contributed by atoms with E-state index in [1.807, 2.05) is 6.92 Å². The second-order valence-electron chi connectivity index (χ2n) is 5.06. The van der Waals surface area contributed by atoms with Gasteiger partial charge in [-0.1, -0.05) is 0 Å². The van der Waals surface area contributed by atoms with Crippen LogP contribution in [0.3, 0.4) is 0 Å².